The lowest BCUT2D eigenvalue weighted by Gasteiger charge is -2.34. The highest BCUT2D eigenvalue weighted by Gasteiger charge is 2.41. The number of esters is 1. The molecular weight excluding hydrogens is 392 g/mol. The van der Waals surface area contributed by atoms with Crippen molar-refractivity contribution in [3.8, 4) is 0 Å². The van der Waals surface area contributed by atoms with Crippen LogP contribution in [0.15, 0.2) is 11.0 Å². The first-order chi connectivity index (χ1) is 13.5. The van der Waals surface area contributed by atoms with Crippen LogP contribution in [0.5, 0.6) is 0 Å². The largest absolute Gasteiger partial charge is 0.455 e. The highest BCUT2D eigenvalue weighted by atomic mass is 32.2. The van der Waals surface area contributed by atoms with Gasteiger partial charge in [0.05, 0.1) is 10.8 Å². The number of nitrogens with zero attached hydrogens (tertiary/aromatic N) is 2. The average molecular weight is 423 g/mol. The third-order valence-corrected chi connectivity index (χ3v) is 8.41. The van der Waals surface area contributed by atoms with Crippen LogP contribution in [0.3, 0.4) is 0 Å². The molecule has 1 aliphatic heterocycles. The van der Waals surface area contributed by atoms with Crippen LogP contribution in [-0.4, -0.2) is 62.3 Å². The standard InChI is InChI=1S/C21H30N2O5S/c1-13-10-14(2)17(5)20(16(13)4)29(26,27)23-8-6-22(7-9-23)19(24)12-28-21(25)18-11-15(18)3/h10,15,18H,6-9,11-12H2,1-5H3/t15-,18+/m1/s1. The van der Waals surface area contributed by atoms with E-state index in [1.54, 1.807) is 4.90 Å². The summed E-state index contributed by atoms with van der Waals surface area (Å²) in [5.41, 5.74) is 3.44. The molecule has 1 aromatic carbocycles. The molecule has 8 heteroatoms. The molecule has 1 aliphatic carbocycles. The Morgan fingerprint density at radius 1 is 1.03 bits per heavy atom. The zero-order valence-electron chi connectivity index (χ0n) is 17.8. The molecule has 0 N–H and O–H groups in total. The predicted molar refractivity (Wildman–Crippen MR) is 109 cm³/mol. The zero-order valence-corrected chi connectivity index (χ0v) is 18.6. The number of hydrogen-bond donors (Lipinski definition) is 0. The normalized spacial score (nSPS) is 22.4. The van der Waals surface area contributed by atoms with Gasteiger partial charge in [-0.25, -0.2) is 8.42 Å². The Hall–Kier alpha value is -1.93. The molecule has 3 rings (SSSR count). The van der Waals surface area contributed by atoms with Crippen LogP contribution in [0.25, 0.3) is 0 Å². The molecule has 0 radical (unpaired) electrons. The number of carbonyl (C=O) groups excluding carboxylic acids is 2. The fraction of sp³-hybridized carbons (Fsp3) is 0.619. The molecule has 160 valence electrons. The van der Waals surface area contributed by atoms with Crippen molar-refractivity contribution in [1.82, 2.24) is 9.21 Å². The molecule has 0 bridgehead atoms. The zero-order chi connectivity index (χ0) is 21.5. The van der Waals surface area contributed by atoms with Crippen LogP contribution >= 0.6 is 0 Å². The Morgan fingerprint density at radius 3 is 2.03 bits per heavy atom. The molecule has 7 nitrogen and oxygen atoms in total. The summed E-state index contributed by atoms with van der Waals surface area (Å²) in [7, 11) is -3.64. The lowest BCUT2D eigenvalue weighted by molar-refractivity contribution is -0.153. The Bertz CT molecular complexity index is 907. The van der Waals surface area contributed by atoms with Crippen molar-refractivity contribution in [2.45, 2.75) is 45.9 Å². The third-order valence-electron chi connectivity index (χ3n) is 6.24. The highest BCUT2D eigenvalue weighted by Crippen LogP contribution is 2.38. The summed E-state index contributed by atoms with van der Waals surface area (Å²) in [6.45, 7) is 10.3. The van der Waals surface area contributed by atoms with Crippen LogP contribution in [0.1, 0.15) is 35.6 Å². The number of carbonyl (C=O) groups is 2. The lowest BCUT2D eigenvalue weighted by Crippen LogP contribution is -2.51. The fourth-order valence-electron chi connectivity index (χ4n) is 3.86. The van der Waals surface area contributed by atoms with E-state index < -0.39 is 10.0 Å². The summed E-state index contributed by atoms with van der Waals surface area (Å²) in [4.78, 5) is 26.1. The predicted octanol–water partition coefficient (Wildman–Crippen LogP) is 1.95. The Labute approximate surface area is 173 Å². The van der Waals surface area contributed by atoms with Gasteiger partial charge in [0.1, 0.15) is 0 Å². The smallest absolute Gasteiger partial charge is 0.309 e. The summed E-state index contributed by atoms with van der Waals surface area (Å²) >= 11 is 0. The second-order valence-electron chi connectivity index (χ2n) is 8.30. The van der Waals surface area contributed by atoms with Crippen molar-refractivity contribution in [2.75, 3.05) is 32.8 Å². The number of aryl methyl sites for hydroxylation is 2. The van der Waals surface area contributed by atoms with Gasteiger partial charge >= 0.3 is 5.97 Å². The van der Waals surface area contributed by atoms with Gasteiger partial charge in [-0.1, -0.05) is 13.0 Å². The van der Waals surface area contributed by atoms with E-state index in [9.17, 15) is 18.0 Å². The fourth-order valence-corrected chi connectivity index (χ4v) is 5.85. The first-order valence-electron chi connectivity index (χ1n) is 10.1. The van der Waals surface area contributed by atoms with Crippen LogP contribution in [0.2, 0.25) is 0 Å². The first-order valence-corrected chi connectivity index (χ1v) is 11.5. The lowest BCUT2D eigenvalue weighted by atomic mass is 10.0. The van der Waals surface area contributed by atoms with Gasteiger partial charge in [-0.15, -0.1) is 0 Å². The maximum absolute atomic E-state index is 13.3. The van der Waals surface area contributed by atoms with Crippen LogP contribution < -0.4 is 0 Å². The van der Waals surface area contributed by atoms with Gasteiger partial charge in [-0.2, -0.15) is 4.31 Å². The number of sulfonamides is 1. The quantitative estimate of drug-likeness (QED) is 0.677. The van der Waals surface area contributed by atoms with Crippen LogP contribution in [0, 0.1) is 39.5 Å². The summed E-state index contributed by atoms with van der Waals surface area (Å²) < 4.78 is 33.1. The molecule has 2 aliphatic rings. The van der Waals surface area contributed by atoms with E-state index in [1.165, 1.54) is 4.31 Å². The highest BCUT2D eigenvalue weighted by molar-refractivity contribution is 7.89. The molecule has 1 heterocycles. The van der Waals surface area contributed by atoms with Crippen molar-refractivity contribution in [2.24, 2.45) is 11.8 Å². The van der Waals surface area contributed by atoms with Gasteiger partial charge in [0.2, 0.25) is 10.0 Å². The maximum Gasteiger partial charge on any atom is 0.309 e. The van der Waals surface area contributed by atoms with Crippen molar-refractivity contribution in [3.63, 3.8) is 0 Å². The molecule has 1 aromatic rings. The van der Waals surface area contributed by atoms with Gasteiger partial charge in [0.25, 0.3) is 5.91 Å². The van der Waals surface area contributed by atoms with Gasteiger partial charge in [0.15, 0.2) is 6.61 Å². The van der Waals surface area contributed by atoms with Crippen molar-refractivity contribution >= 4 is 21.9 Å². The molecule has 0 unspecified atom stereocenters. The van der Waals surface area contributed by atoms with Gasteiger partial charge in [0, 0.05) is 26.2 Å². The molecule has 1 amide bonds. The molecule has 2 atom stereocenters. The Morgan fingerprint density at radius 2 is 1.55 bits per heavy atom. The monoisotopic (exact) mass is 422 g/mol. The van der Waals surface area contributed by atoms with Crippen molar-refractivity contribution in [3.05, 3.63) is 28.3 Å². The summed E-state index contributed by atoms with van der Waals surface area (Å²) in [6, 6.07) is 2.00. The van der Waals surface area contributed by atoms with Gasteiger partial charge in [-0.05, 0) is 62.3 Å². The molecule has 1 saturated heterocycles. The number of hydrogen-bond acceptors (Lipinski definition) is 5. The first kappa shape index (κ1) is 21.8. The molecular formula is C21H30N2O5S. The second kappa shape index (κ2) is 8.07. The average Bonchev–Trinajstić information content (AvgIpc) is 3.41. The van der Waals surface area contributed by atoms with E-state index in [2.05, 4.69) is 0 Å². The second-order valence-corrected chi connectivity index (χ2v) is 10.2. The maximum atomic E-state index is 13.3. The molecule has 2 fully saturated rings. The van der Waals surface area contributed by atoms with Crippen molar-refractivity contribution < 1.29 is 22.7 Å². The van der Waals surface area contributed by atoms with E-state index in [-0.39, 0.29) is 37.5 Å². The third kappa shape index (κ3) is 4.33. The van der Waals surface area contributed by atoms with E-state index in [0.29, 0.717) is 23.9 Å². The van der Waals surface area contributed by atoms with Crippen molar-refractivity contribution in [1.29, 1.82) is 0 Å². The number of benzene rings is 1. The minimum Gasteiger partial charge on any atom is -0.455 e. The summed E-state index contributed by atoms with van der Waals surface area (Å²) in [5.74, 6) is -0.326. The number of amides is 1. The summed E-state index contributed by atoms with van der Waals surface area (Å²) in [5, 5.41) is 0. The Kier molecular flexibility index (Phi) is 6.06. The number of rotatable bonds is 5. The molecule has 0 spiro atoms. The summed E-state index contributed by atoms with van der Waals surface area (Å²) in [6.07, 6.45) is 0.820. The SMILES string of the molecule is Cc1cc(C)c(C)c(S(=O)(=O)N2CCN(C(=O)COC(=O)[C@H]3C[C@H]3C)CC2)c1C. The van der Waals surface area contributed by atoms with Crippen LogP contribution in [-0.2, 0) is 24.3 Å². The molecule has 29 heavy (non-hydrogen) atoms. The molecule has 1 saturated carbocycles. The van der Waals surface area contributed by atoms with E-state index in [4.69, 9.17) is 4.74 Å². The van der Waals surface area contributed by atoms with E-state index in [0.717, 1.165) is 28.7 Å². The van der Waals surface area contributed by atoms with Crippen LogP contribution in [0.4, 0.5) is 0 Å². The Balaban J connectivity index is 1.63. The topological polar surface area (TPSA) is 84.0 Å². The number of piperazine rings is 1. The van der Waals surface area contributed by atoms with Gasteiger partial charge < -0.3 is 9.64 Å². The van der Waals surface area contributed by atoms with Gasteiger partial charge in [-0.3, -0.25) is 9.59 Å². The molecule has 0 aromatic heterocycles. The number of ether oxygens (including phenoxy) is 1. The van der Waals surface area contributed by atoms with E-state index in [1.807, 2.05) is 40.7 Å². The minimum atomic E-state index is -3.64. The van der Waals surface area contributed by atoms with E-state index >= 15 is 0 Å². The minimum absolute atomic E-state index is 0.0749.